The van der Waals surface area contributed by atoms with E-state index in [1.807, 2.05) is 0 Å². The van der Waals surface area contributed by atoms with Crippen LogP contribution in [0.5, 0.6) is 46.0 Å². The number of amides is 8. The normalized spacial score (nSPS) is 25.6. The Bertz CT molecular complexity index is 5130. The standard InChI is InChI=1S/C85H113Cl2N11O32P2/c1-7-8-9-10-11-12-13-14-23-90-24-26-98(60(104)21-22-62(131(119,120)121)132(122,123)124)85(5)36-61(125-40(4)76(85)110)129-75-73(109)72(108)58(38-100)128-84(75)130-74-56-32-44-33-57(74)127-55-20-17-43(31-49(55)87)70(106)68-82(116)95-66(83(117)118)46-34-53(102)47(37-91-25-27-99)71(107)63(46)45-29-41(15-18-52(45)101)64(79(113)97-68)94-80(114)65(44)93-78(112)51(35-59(88)103)92-81(115)67(96-77(111)50(89-6)28-39(2)3)69(105)42-16-19-54(126-56)48(86)30-42/h15-20,27,29-34,39-40,50-51,58,61-62,64-70,72-73,75-76,84,89-91,100-102,105-110H,7-14,21-26,28,35-38H2,1-6H3,(H2,88,103)(H,92,115)(H,93,112)(H,94,114)(H,95,116)(H,96,111)(H,97,113)(H,117,118)(H2,119,120,121)(H2,122,123,124)/t40?,50?,51?,58?,61?,64?,65?,66-,67?,68?,69+,70-,72?,73?,75?,76?,84?,85?/m1/s1. The van der Waals surface area contributed by atoms with E-state index in [0.29, 0.717) is 19.3 Å². The maximum absolute atomic E-state index is 16.4. The number of ether oxygens (including phenoxy) is 6. The number of nitrogens with one attached hydrogen (secondary N) is 9. The molecule has 7 aliphatic rings. The van der Waals surface area contributed by atoms with E-state index in [0.717, 1.165) is 123 Å². The van der Waals surface area contributed by atoms with Gasteiger partial charge in [0.05, 0.1) is 52.9 Å². The van der Waals surface area contributed by atoms with Gasteiger partial charge in [0.25, 0.3) is 0 Å². The fourth-order valence-corrected chi connectivity index (χ4v) is 19.5. The maximum Gasteiger partial charge on any atom is 0.340 e. The van der Waals surface area contributed by atoms with E-state index in [4.69, 9.17) is 57.4 Å². The van der Waals surface area contributed by atoms with Crippen LogP contribution in [0.4, 0.5) is 0 Å². The smallest absolute Gasteiger partial charge is 0.340 e. The molecule has 12 rings (SSSR count). The molecule has 0 aromatic heterocycles. The second-order valence-corrected chi connectivity index (χ2v) is 38.4. The van der Waals surface area contributed by atoms with Crippen molar-refractivity contribution in [1.82, 2.24) is 52.8 Å². The Hall–Kier alpha value is -9.80. The number of phenolic OH excluding ortho intramolecular Hbond substituents is 3. The molecule has 25 N–H and O–H groups in total. The van der Waals surface area contributed by atoms with Gasteiger partial charge in [-0.3, -0.25) is 47.5 Å². The monoisotopic (exact) mass is 1930 g/mol. The number of carboxylic acids is 1. The van der Waals surface area contributed by atoms with Gasteiger partial charge in [-0.2, -0.15) is 0 Å². The first kappa shape index (κ1) is 104. The summed E-state index contributed by atoms with van der Waals surface area (Å²) < 4.78 is 64.7. The van der Waals surface area contributed by atoms with Gasteiger partial charge in [-0.15, -0.1) is 0 Å². The van der Waals surface area contributed by atoms with Gasteiger partial charge in [-0.25, -0.2) is 4.79 Å². The molecule has 2 fully saturated rings. The highest BCUT2D eigenvalue weighted by Gasteiger charge is 2.55. The number of aliphatic hydroxyl groups excluding tert-OH is 6. The number of hydrogen-bond donors (Lipinski definition) is 24. The van der Waals surface area contributed by atoms with Gasteiger partial charge >= 0.3 is 21.2 Å². The van der Waals surface area contributed by atoms with Crippen LogP contribution in [0.3, 0.4) is 0 Å². The van der Waals surface area contributed by atoms with Crippen molar-refractivity contribution in [3.05, 3.63) is 116 Å². The number of carbonyl (C=O) groups is 10. The molecule has 5 aromatic rings. The fourth-order valence-electron chi connectivity index (χ4n) is 16.5. The minimum absolute atomic E-state index is 0.00613. The SMILES string of the molecule is CCCCCCCCCCNCCN(C(=O)CCC(P(=O)(O)O)P(=O)(O)O)C1(C)CC(OC2C(Oc3c4cc5cc3Oc3ccc(cc3Cl)[C@H](O)C(NC(=O)C(CC(C)C)NC)C(=O)NC(CC(N)=O)C(=O)NC5C(=O)NC3C(=O)NC(C(=O)N[C@@H](C(=O)O)c5cc(O)c(CNCC=O)c(O)c5-c5cc3ccc5O)[C@H](O)c3ccc(c(Cl)c3)O4)OC(CO)C(O)C2O)OC(C)C1O. The lowest BCUT2D eigenvalue weighted by Gasteiger charge is -2.52. The zero-order chi connectivity index (χ0) is 96.9. The predicted molar refractivity (Wildman–Crippen MR) is 467 cm³/mol. The molecule has 132 heavy (non-hydrogen) atoms. The number of fused-ring (bicyclic) bond motifs is 15. The Balaban J connectivity index is 1.19. The van der Waals surface area contributed by atoms with Crippen molar-refractivity contribution >= 4 is 97.9 Å². The first-order valence-corrected chi connectivity index (χ1v) is 46.9. The molecule has 7 heterocycles. The number of carbonyl (C=O) groups excluding carboxylic acids is 9. The Kier molecular flexibility index (Phi) is 35.9. The number of unbranched alkanes of at least 4 members (excludes halogenated alkanes) is 7. The summed E-state index contributed by atoms with van der Waals surface area (Å²) in [6.45, 7) is 6.58. The van der Waals surface area contributed by atoms with Crippen LogP contribution in [0.25, 0.3) is 11.1 Å². The Morgan fingerprint density at radius 1 is 0.705 bits per heavy atom. The third-order valence-corrected chi connectivity index (χ3v) is 28.0. The summed E-state index contributed by atoms with van der Waals surface area (Å²) in [5.41, 5.74) is -0.0747. The molecule has 2 saturated heterocycles. The summed E-state index contributed by atoms with van der Waals surface area (Å²) in [6, 6.07) is -2.98. The topological polar surface area (TPSA) is 681 Å². The van der Waals surface area contributed by atoms with Gasteiger partial charge in [0, 0.05) is 49.2 Å². The number of rotatable bonds is 35. The minimum atomic E-state index is -5.61. The van der Waals surface area contributed by atoms with E-state index in [1.54, 1.807) is 13.8 Å². The Morgan fingerprint density at radius 3 is 1.89 bits per heavy atom. The number of nitrogens with zero attached hydrogens (tertiary/aromatic N) is 1. The van der Waals surface area contributed by atoms with E-state index >= 15 is 24.0 Å². The second kappa shape index (κ2) is 45.5. The van der Waals surface area contributed by atoms with Gasteiger partial charge in [-0.05, 0) is 129 Å². The third kappa shape index (κ3) is 25.0. The quantitative estimate of drug-likeness (QED) is 0.0157. The number of aromatic hydroxyl groups is 3. The van der Waals surface area contributed by atoms with Gasteiger partial charge < -0.3 is 162 Å². The van der Waals surface area contributed by atoms with Crippen molar-refractivity contribution in [3.8, 4) is 57.1 Å². The number of primary amides is 1. The fraction of sp³-hybridized carbons (Fsp3) is 0.529. The summed E-state index contributed by atoms with van der Waals surface area (Å²) in [5.74, 6) is -18.6. The summed E-state index contributed by atoms with van der Waals surface area (Å²) in [5, 5.41) is 139. The largest absolute Gasteiger partial charge is 0.507 e. The molecule has 724 valence electrons. The average molecular weight is 1930 g/mol. The average Bonchev–Trinajstić information content (AvgIpc) is 0.754. The van der Waals surface area contributed by atoms with E-state index in [9.17, 15) is 104 Å². The van der Waals surface area contributed by atoms with Crippen LogP contribution in [0.15, 0.2) is 72.8 Å². The number of aliphatic hydroxyl groups is 6. The number of nitrogens with two attached hydrogens (primary N) is 1. The number of halogens is 2. The van der Waals surface area contributed by atoms with Crippen molar-refractivity contribution < 1.29 is 156 Å². The molecule has 0 aliphatic carbocycles. The van der Waals surface area contributed by atoms with Gasteiger partial charge in [0.1, 0.15) is 102 Å². The number of likely N-dealkylation sites (N-methyl/N-ethyl adjacent to an activating group) is 1. The highest BCUT2D eigenvalue weighted by molar-refractivity contribution is 7.70. The zero-order valence-electron chi connectivity index (χ0n) is 72.7. The Morgan fingerprint density at radius 2 is 1.30 bits per heavy atom. The van der Waals surface area contributed by atoms with Crippen LogP contribution >= 0.6 is 38.4 Å². The lowest BCUT2D eigenvalue weighted by Crippen LogP contribution is -2.67. The molecule has 8 amide bonds. The predicted octanol–water partition coefficient (Wildman–Crippen LogP) is 2.46. The summed E-state index contributed by atoms with van der Waals surface area (Å²) in [4.78, 5) is 188. The van der Waals surface area contributed by atoms with Crippen molar-refractivity contribution in [2.75, 3.05) is 39.8 Å². The van der Waals surface area contributed by atoms with E-state index in [2.05, 4.69) is 54.8 Å². The van der Waals surface area contributed by atoms with Gasteiger partial charge in [0.2, 0.25) is 59.3 Å². The van der Waals surface area contributed by atoms with Gasteiger partial charge in [-0.1, -0.05) is 107 Å². The van der Waals surface area contributed by atoms with Crippen LogP contribution in [0.1, 0.15) is 182 Å². The highest BCUT2D eigenvalue weighted by Crippen LogP contribution is 2.62. The van der Waals surface area contributed by atoms with E-state index in [-0.39, 0.29) is 43.1 Å². The molecule has 0 saturated carbocycles. The summed E-state index contributed by atoms with van der Waals surface area (Å²) in [6.07, 6.45) is -15.4. The summed E-state index contributed by atoms with van der Waals surface area (Å²) in [7, 11) is -9.77. The molecule has 15 unspecified atom stereocenters. The first-order chi connectivity index (χ1) is 62.3. The van der Waals surface area contributed by atoms with Crippen molar-refractivity contribution in [1.29, 1.82) is 0 Å². The van der Waals surface area contributed by atoms with Crippen molar-refractivity contribution in [2.24, 2.45) is 11.7 Å². The maximum atomic E-state index is 16.4. The molecule has 7 aliphatic heterocycles. The van der Waals surface area contributed by atoms with Crippen LogP contribution in [-0.4, -0.2) is 259 Å². The third-order valence-electron chi connectivity index (χ3n) is 23.5. The molecule has 0 radical (unpaired) electrons. The molecule has 47 heteroatoms. The highest BCUT2D eigenvalue weighted by atomic mass is 35.5. The van der Waals surface area contributed by atoms with Crippen molar-refractivity contribution in [2.45, 2.75) is 239 Å². The molecule has 18 atom stereocenters. The number of benzene rings is 5. The lowest BCUT2D eigenvalue weighted by molar-refractivity contribution is -0.337. The van der Waals surface area contributed by atoms with E-state index in [1.165, 1.54) is 20.9 Å². The first-order valence-electron chi connectivity index (χ1n) is 42.8. The van der Waals surface area contributed by atoms with Crippen LogP contribution < -0.4 is 67.8 Å². The molecule has 43 nitrogen and oxygen atoms in total. The molecule has 0 spiro atoms. The summed E-state index contributed by atoms with van der Waals surface area (Å²) >= 11 is 14.4. The second-order valence-electron chi connectivity index (χ2n) is 33.6. The van der Waals surface area contributed by atoms with Crippen LogP contribution in [0.2, 0.25) is 10.0 Å². The minimum Gasteiger partial charge on any atom is -0.507 e. The number of aldehydes is 1. The zero-order valence-corrected chi connectivity index (χ0v) is 76.0. The van der Waals surface area contributed by atoms with Gasteiger partial charge in [0.15, 0.2) is 35.3 Å². The Labute approximate surface area is 767 Å². The molecular weight excluding hydrogens is 1820 g/mol. The lowest BCUT2D eigenvalue weighted by atomic mass is 9.82. The van der Waals surface area contributed by atoms with Crippen LogP contribution in [0, 0.1) is 5.92 Å². The van der Waals surface area contributed by atoms with Crippen molar-refractivity contribution in [3.63, 3.8) is 0 Å². The molecule has 11 bridgehead atoms. The number of carboxylic acid groups (broad SMARTS) is 1. The number of phenols is 3. The van der Waals surface area contributed by atoms with E-state index < -0.39 is 311 Å². The molecular formula is C85H113Cl2N11O32P2. The number of hydrogen-bond acceptors (Lipinski definition) is 30. The molecule has 5 aromatic carbocycles. The number of aliphatic carboxylic acids is 1. The van der Waals surface area contributed by atoms with Crippen LogP contribution in [-0.2, 0) is 77.8 Å².